The zero-order chi connectivity index (χ0) is 14.2. The van der Waals surface area contributed by atoms with Crippen LogP contribution in [0.3, 0.4) is 0 Å². The lowest BCUT2D eigenvalue weighted by Gasteiger charge is -2.28. The minimum absolute atomic E-state index is 0.106. The number of rotatable bonds is 6. The van der Waals surface area contributed by atoms with E-state index in [1.807, 2.05) is 24.3 Å². The maximum absolute atomic E-state index is 8.62. The summed E-state index contributed by atoms with van der Waals surface area (Å²) in [6.07, 6.45) is 6.84. The highest BCUT2D eigenvalue weighted by atomic mass is 16.5. The predicted molar refractivity (Wildman–Crippen MR) is 80.4 cm³/mol. The zero-order valence-electron chi connectivity index (χ0n) is 12.3. The van der Waals surface area contributed by atoms with Crippen molar-refractivity contribution < 1.29 is 4.74 Å². The van der Waals surface area contributed by atoms with Gasteiger partial charge in [0.15, 0.2) is 6.61 Å². The number of para-hydroxylation sites is 1. The molecule has 0 amide bonds. The molecule has 20 heavy (non-hydrogen) atoms. The zero-order valence-corrected chi connectivity index (χ0v) is 12.3. The molecular weight excluding hydrogens is 248 g/mol. The fraction of sp³-hybridized carbons (Fsp3) is 0.588. The summed E-state index contributed by atoms with van der Waals surface area (Å²) in [5.74, 6) is 1.62. The topological polar surface area (TPSA) is 45.0 Å². The summed E-state index contributed by atoms with van der Waals surface area (Å²) in [4.78, 5) is 0. The number of hydrogen-bond donors (Lipinski definition) is 1. The molecule has 2 rings (SSSR count). The standard InChI is InChI=1S/C17H24N2O/c1-14(15-7-3-2-4-8-15)19-13-16-9-5-6-10-17(16)20-12-11-18/h5-6,9-10,14-15,19H,2-4,7-8,12-13H2,1H3/t14-/m0/s1. The van der Waals surface area contributed by atoms with Gasteiger partial charge in [0, 0.05) is 18.2 Å². The Labute approximate surface area is 121 Å². The van der Waals surface area contributed by atoms with Crippen molar-refractivity contribution in [3.63, 3.8) is 0 Å². The van der Waals surface area contributed by atoms with Gasteiger partial charge in [-0.05, 0) is 31.7 Å². The second-order valence-electron chi connectivity index (χ2n) is 5.62. The van der Waals surface area contributed by atoms with Crippen LogP contribution in [0.15, 0.2) is 24.3 Å². The minimum Gasteiger partial charge on any atom is -0.478 e. The highest BCUT2D eigenvalue weighted by Gasteiger charge is 2.19. The van der Waals surface area contributed by atoms with Gasteiger partial charge in [-0.1, -0.05) is 37.5 Å². The molecule has 0 saturated heterocycles. The molecule has 1 atom stereocenters. The Balaban J connectivity index is 1.88. The van der Waals surface area contributed by atoms with E-state index in [1.165, 1.54) is 32.1 Å². The average molecular weight is 272 g/mol. The van der Waals surface area contributed by atoms with Crippen LogP contribution in [0.25, 0.3) is 0 Å². The van der Waals surface area contributed by atoms with E-state index < -0.39 is 0 Å². The lowest BCUT2D eigenvalue weighted by Crippen LogP contribution is -2.34. The summed E-state index contributed by atoms with van der Waals surface area (Å²) >= 11 is 0. The Bertz CT molecular complexity index is 447. The molecule has 0 bridgehead atoms. The van der Waals surface area contributed by atoms with Crippen LogP contribution < -0.4 is 10.1 Å². The molecule has 1 aliphatic carbocycles. The van der Waals surface area contributed by atoms with Crippen molar-refractivity contribution >= 4 is 0 Å². The minimum atomic E-state index is 0.106. The van der Waals surface area contributed by atoms with Crippen molar-refractivity contribution in [1.82, 2.24) is 5.32 Å². The Kier molecular flexibility index (Phi) is 5.88. The van der Waals surface area contributed by atoms with Crippen molar-refractivity contribution in [3.8, 4) is 11.8 Å². The van der Waals surface area contributed by atoms with E-state index in [4.69, 9.17) is 10.00 Å². The first-order valence-electron chi connectivity index (χ1n) is 7.62. The van der Waals surface area contributed by atoms with Gasteiger partial charge in [-0.3, -0.25) is 0 Å². The largest absolute Gasteiger partial charge is 0.478 e. The smallest absolute Gasteiger partial charge is 0.174 e. The fourth-order valence-corrected chi connectivity index (χ4v) is 2.97. The molecule has 0 unspecified atom stereocenters. The van der Waals surface area contributed by atoms with Gasteiger partial charge in [-0.15, -0.1) is 0 Å². The molecule has 3 nitrogen and oxygen atoms in total. The van der Waals surface area contributed by atoms with Gasteiger partial charge < -0.3 is 10.1 Å². The molecule has 3 heteroatoms. The summed E-state index contributed by atoms with van der Waals surface area (Å²) in [7, 11) is 0. The maximum Gasteiger partial charge on any atom is 0.174 e. The number of ether oxygens (including phenoxy) is 1. The SMILES string of the molecule is C[C@H](NCc1ccccc1OCC#N)C1CCCCC1. The summed E-state index contributed by atoms with van der Waals surface area (Å²) in [5, 5.41) is 12.2. The van der Waals surface area contributed by atoms with E-state index in [9.17, 15) is 0 Å². The molecule has 0 radical (unpaired) electrons. The third kappa shape index (κ3) is 4.25. The third-order valence-corrected chi connectivity index (χ3v) is 4.24. The number of nitrogens with one attached hydrogen (secondary N) is 1. The van der Waals surface area contributed by atoms with Crippen LogP contribution in [0.5, 0.6) is 5.75 Å². The Morgan fingerprint density at radius 3 is 2.80 bits per heavy atom. The number of nitrogens with zero attached hydrogens (tertiary/aromatic N) is 1. The first-order valence-corrected chi connectivity index (χ1v) is 7.62. The van der Waals surface area contributed by atoms with Gasteiger partial charge in [0.25, 0.3) is 0 Å². The van der Waals surface area contributed by atoms with E-state index in [0.29, 0.717) is 6.04 Å². The number of benzene rings is 1. The van der Waals surface area contributed by atoms with Crippen LogP contribution in [-0.4, -0.2) is 12.6 Å². The third-order valence-electron chi connectivity index (χ3n) is 4.24. The second-order valence-corrected chi connectivity index (χ2v) is 5.62. The lowest BCUT2D eigenvalue weighted by molar-refractivity contribution is 0.279. The van der Waals surface area contributed by atoms with Crippen molar-refractivity contribution in [2.24, 2.45) is 5.92 Å². The molecule has 1 aliphatic rings. The summed E-state index contributed by atoms with van der Waals surface area (Å²) in [6.45, 7) is 3.20. The molecule has 0 spiro atoms. The summed E-state index contributed by atoms with van der Waals surface area (Å²) in [5.41, 5.74) is 1.13. The highest BCUT2D eigenvalue weighted by Crippen LogP contribution is 2.27. The van der Waals surface area contributed by atoms with Gasteiger partial charge in [0.05, 0.1) is 0 Å². The Morgan fingerprint density at radius 1 is 1.30 bits per heavy atom. The number of hydrogen-bond acceptors (Lipinski definition) is 3. The van der Waals surface area contributed by atoms with E-state index in [0.717, 1.165) is 23.8 Å². The maximum atomic E-state index is 8.62. The van der Waals surface area contributed by atoms with E-state index >= 15 is 0 Å². The van der Waals surface area contributed by atoms with Gasteiger partial charge in [-0.2, -0.15) is 5.26 Å². The van der Waals surface area contributed by atoms with Gasteiger partial charge in [0.2, 0.25) is 0 Å². The van der Waals surface area contributed by atoms with Crippen molar-refractivity contribution in [1.29, 1.82) is 5.26 Å². The molecular formula is C17H24N2O. The first-order chi connectivity index (χ1) is 9.81. The molecule has 1 aromatic rings. The van der Waals surface area contributed by atoms with Crippen LogP contribution in [-0.2, 0) is 6.54 Å². The molecule has 1 N–H and O–H groups in total. The van der Waals surface area contributed by atoms with Crippen molar-refractivity contribution in [3.05, 3.63) is 29.8 Å². The second kappa shape index (κ2) is 7.91. The molecule has 0 heterocycles. The Hall–Kier alpha value is -1.53. The van der Waals surface area contributed by atoms with Crippen molar-refractivity contribution in [2.75, 3.05) is 6.61 Å². The molecule has 0 aromatic heterocycles. The molecule has 1 fully saturated rings. The Morgan fingerprint density at radius 2 is 2.05 bits per heavy atom. The number of nitriles is 1. The molecule has 0 aliphatic heterocycles. The molecule has 108 valence electrons. The quantitative estimate of drug-likeness (QED) is 0.859. The van der Waals surface area contributed by atoms with Crippen LogP contribution in [0.1, 0.15) is 44.6 Å². The predicted octanol–water partition coefficient (Wildman–Crippen LogP) is 3.65. The van der Waals surface area contributed by atoms with E-state index in [-0.39, 0.29) is 6.61 Å². The van der Waals surface area contributed by atoms with E-state index in [2.05, 4.69) is 18.3 Å². The van der Waals surface area contributed by atoms with Crippen molar-refractivity contribution in [2.45, 2.75) is 51.6 Å². The van der Waals surface area contributed by atoms with Crippen LogP contribution in [0.2, 0.25) is 0 Å². The average Bonchev–Trinajstić information content (AvgIpc) is 2.52. The van der Waals surface area contributed by atoms with Gasteiger partial charge in [0.1, 0.15) is 11.8 Å². The molecule has 1 aromatic carbocycles. The van der Waals surface area contributed by atoms with Gasteiger partial charge in [-0.25, -0.2) is 0 Å². The van der Waals surface area contributed by atoms with Gasteiger partial charge >= 0.3 is 0 Å². The summed E-state index contributed by atoms with van der Waals surface area (Å²) in [6, 6.07) is 10.5. The monoisotopic (exact) mass is 272 g/mol. The van der Waals surface area contributed by atoms with E-state index in [1.54, 1.807) is 0 Å². The van der Waals surface area contributed by atoms with Crippen LogP contribution in [0.4, 0.5) is 0 Å². The lowest BCUT2D eigenvalue weighted by atomic mass is 9.84. The van der Waals surface area contributed by atoms with Crippen LogP contribution >= 0.6 is 0 Å². The summed E-state index contributed by atoms with van der Waals surface area (Å²) < 4.78 is 5.46. The van der Waals surface area contributed by atoms with Crippen LogP contribution in [0, 0.1) is 17.2 Å². The fourth-order valence-electron chi connectivity index (χ4n) is 2.97. The highest BCUT2D eigenvalue weighted by molar-refractivity contribution is 5.33. The molecule has 1 saturated carbocycles. The first kappa shape index (κ1) is 14.9. The normalized spacial score (nSPS) is 17.4.